The van der Waals surface area contributed by atoms with Crippen molar-refractivity contribution in [2.75, 3.05) is 13.7 Å². The van der Waals surface area contributed by atoms with Gasteiger partial charge in [-0.25, -0.2) is 9.67 Å². The van der Waals surface area contributed by atoms with Crippen LogP contribution >= 0.6 is 0 Å². The molecule has 2 aromatic rings. The van der Waals surface area contributed by atoms with Crippen molar-refractivity contribution in [3.63, 3.8) is 0 Å². The summed E-state index contributed by atoms with van der Waals surface area (Å²) in [5.74, 6) is -0.0762. The lowest BCUT2D eigenvalue weighted by Crippen LogP contribution is -2.31. The SMILES string of the molecule is COC(CN)CC(=O)NCc1ccc(-n2cncn2)cc1. The van der Waals surface area contributed by atoms with Crippen LogP contribution in [-0.4, -0.2) is 40.4 Å². The van der Waals surface area contributed by atoms with E-state index in [4.69, 9.17) is 10.5 Å². The Balaban J connectivity index is 1.85. The Morgan fingerprint density at radius 3 is 2.76 bits per heavy atom. The van der Waals surface area contributed by atoms with E-state index in [1.165, 1.54) is 6.33 Å². The summed E-state index contributed by atoms with van der Waals surface area (Å²) in [4.78, 5) is 15.6. The van der Waals surface area contributed by atoms with Crippen LogP contribution in [0.25, 0.3) is 5.69 Å². The van der Waals surface area contributed by atoms with Crippen LogP contribution in [0.4, 0.5) is 0 Å². The number of carbonyl (C=O) groups is 1. The minimum atomic E-state index is -0.236. The molecule has 1 aromatic carbocycles. The quantitative estimate of drug-likeness (QED) is 0.761. The summed E-state index contributed by atoms with van der Waals surface area (Å²) in [7, 11) is 1.55. The standard InChI is InChI=1S/C14H19N5O2/c1-21-13(7-15)6-14(20)17-8-11-2-4-12(5-3-11)19-10-16-9-18-19/h2-5,9-10,13H,6-8,15H2,1H3,(H,17,20). The number of carbonyl (C=O) groups excluding carboxylic acids is 1. The number of aromatic nitrogens is 3. The van der Waals surface area contributed by atoms with Crippen molar-refractivity contribution in [1.29, 1.82) is 0 Å². The lowest BCUT2D eigenvalue weighted by Gasteiger charge is -2.12. The van der Waals surface area contributed by atoms with Crippen LogP contribution in [-0.2, 0) is 16.1 Å². The summed E-state index contributed by atoms with van der Waals surface area (Å²) in [6, 6.07) is 7.73. The van der Waals surface area contributed by atoms with Gasteiger partial charge in [0.1, 0.15) is 12.7 Å². The first kappa shape index (κ1) is 15.1. The van der Waals surface area contributed by atoms with E-state index in [-0.39, 0.29) is 18.4 Å². The van der Waals surface area contributed by atoms with Gasteiger partial charge in [0.25, 0.3) is 0 Å². The van der Waals surface area contributed by atoms with Crippen LogP contribution in [0.15, 0.2) is 36.9 Å². The molecule has 7 nitrogen and oxygen atoms in total. The van der Waals surface area contributed by atoms with Crippen LogP contribution in [0, 0.1) is 0 Å². The van der Waals surface area contributed by atoms with Gasteiger partial charge in [-0.3, -0.25) is 4.79 Å². The van der Waals surface area contributed by atoms with Gasteiger partial charge in [-0.05, 0) is 17.7 Å². The van der Waals surface area contributed by atoms with Crippen molar-refractivity contribution >= 4 is 5.91 Å². The van der Waals surface area contributed by atoms with Crippen molar-refractivity contribution in [3.8, 4) is 5.69 Å². The number of rotatable bonds is 7. The number of hydrogen-bond acceptors (Lipinski definition) is 5. The molecule has 1 atom stereocenters. The average Bonchev–Trinajstić information content (AvgIpc) is 3.05. The predicted molar refractivity (Wildman–Crippen MR) is 77.7 cm³/mol. The molecule has 0 saturated carbocycles. The van der Waals surface area contributed by atoms with Gasteiger partial charge in [-0.1, -0.05) is 12.1 Å². The van der Waals surface area contributed by atoms with E-state index in [2.05, 4.69) is 15.4 Å². The zero-order valence-corrected chi connectivity index (χ0v) is 11.9. The van der Waals surface area contributed by atoms with Gasteiger partial charge >= 0.3 is 0 Å². The van der Waals surface area contributed by atoms with Crippen molar-refractivity contribution in [2.45, 2.75) is 19.1 Å². The van der Waals surface area contributed by atoms with Gasteiger partial charge < -0.3 is 15.8 Å². The molecule has 0 aliphatic rings. The summed E-state index contributed by atoms with van der Waals surface area (Å²) in [6.45, 7) is 0.800. The molecular formula is C14H19N5O2. The first-order valence-corrected chi connectivity index (χ1v) is 6.66. The van der Waals surface area contributed by atoms with E-state index in [1.54, 1.807) is 18.1 Å². The summed E-state index contributed by atoms with van der Waals surface area (Å²) in [5, 5.41) is 6.89. The number of methoxy groups -OCH3 is 1. The molecule has 1 amide bonds. The van der Waals surface area contributed by atoms with Gasteiger partial charge in [0, 0.05) is 20.2 Å². The van der Waals surface area contributed by atoms with Gasteiger partial charge in [0.15, 0.2) is 0 Å². The van der Waals surface area contributed by atoms with Crippen molar-refractivity contribution in [2.24, 2.45) is 5.73 Å². The minimum Gasteiger partial charge on any atom is -0.380 e. The molecule has 0 radical (unpaired) electrons. The van der Waals surface area contributed by atoms with E-state index < -0.39 is 0 Å². The molecule has 0 saturated heterocycles. The Kier molecular flexibility index (Phi) is 5.42. The molecule has 1 heterocycles. The maximum Gasteiger partial charge on any atom is 0.222 e. The number of hydrogen-bond donors (Lipinski definition) is 2. The van der Waals surface area contributed by atoms with E-state index in [1.807, 2.05) is 24.3 Å². The number of nitrogens with zero attached hydrogens (tertiary/aromatic N) is 3. The molecule has 0 spiro atoms. The summed E-state index contributed by atoms with van der Waals surface area (Å²) in [6.07, 6.45) is 3.15. The summed E-state index contributed by atoms with van der Waals surface area (Å²) >= 11 is 0. The smallest absolute Gasteiger partial charge is 0.222 e. The average molecular weight is 289 g/mol. The third-order valence-electron chi connectivity index (χ3n) is 3.12. The van der Waals surface area contributed by atoms with E-state index >= 15 is 0 Å². The zero-order chi connectivity index (χ0) is 15.1. The van der Waals surface area contributed by atoms with E-state index in [0.717, 1.165) is 11.3 Å². The van der Waals surface area contributed by atoms with Crippen molar-refractivity contribution < 1.29 is 9.53 Å². The molecule has 0 fully saturated rings. The predicted octanol–water partition coefficient (Wildman–Crippen LogP) is 0.247. The second-order valence-electron chi connectivity index (χ2n) is 4.58. The van der Waals surface area contributed by atoms with Gasteiger partial charge in [0.05, 0.1) is 18.2 Å². The van der Waals surface area contributed by atoms with Crippen LogP contribution < -0.4 is 11.1 Å². The number of benzene rings is 1. The highest BCUT2D eigenvalue weighted by molar-refractivity contribution is 5.76. The Bertz CT molecular complexity index is 549. The highest BCUT2D eigenvalue weighted by Gasteiger charge is 2.10. The van der Waals surface area contributed by atoms with Crippen LogP contribution in [0.5, 0.6) is 0 Å². The molecule has 1 aromatic heterocycles. The van der Waals surface area contributed by atoms with Crippen LogP contribution in [0.1, 0.15) is 12.0 Å². The normalized spacial score (nSPS) is 12.1. The van der Waals surface area contributed by atoms with Gasteiger partial charge in [-0.15, -0.1) is 0 Å². The maximum atomic E-state index is 11.7. The fourth-order valence-corrected chi connectivity index (χ4v) is 1.85. The maximum absolute atomic E-state index is 11.7. The van der Waals surface area contributed by atoms with Gasteiger partial charge in [-0.2, -0.15) is 5.10 Å². The van der Waals surface area contributed by atoms with Crippen molar-refractivity contribution in [3.05, 3.63) is 42.5 Å². The highest BCUT2D eigenvalue weighted by Crippen LogP contribution is 2.08. The summed E-state index contributed by atoms with van der Waals surface area (Å²) < 4.78 is 6.75. The molecule has 1 unspecified atom stereocenters. The molecule has 21 heavy (non-hydrogen) atoms. The molecular weight excluding hydrogens is 270 g/mol. The first-order chi connectivity index (χ1) is 10.2. The number of amides is 1. The fraction of sp³-hybridized carbons (Fsp3) is 0.357. The van der Waals surface area contributed by atoms with E-state index in [0.29, 0.717) is 13.1 Å². The Hall–Kier alpha value is -2.25. The monoisotopic (exact) mass is 289 g/mol. The largest absolute Gasteiger partial charge is 0.380 e. The summed E-state index contributed by atoms with van der Waals surface area (Å²) in [5.41, 5.74) is 7.41. The number of nitrogens with two attached hydrogens (primary N) is 1. The van der Waals surface area contributed by atoms with Crippen LogP contribution in [0.2, 0.25) is 0 Å². The Labute approximate surface area is 123 Å². The molecule has 0 bridgehead atoms. The van der Waals surface area contributed by atoms with E-state index in [9.17, 15) is 4.79 Å². The van der Waals surface area contributed by atoms with Crippen molar-refractivity contribution in [1.82, 2.24) is 20.1 Å². The third-order valence-corrected chi connectivity index (χ3v) is 3.12. The molecule has 3 N–H and O–H groups in total. The highest BCUT2D eigenvalue weighted by atomic mass is 16.5. The van der Waals surface area contributed by atoms with Gasteiger partial charge in [0.2, 0.25) is 5.91 Å². The molecule has 0 aliphatic carbocycles. The zero-order valence-electron chi connectivity index (χ0n) is 11.9. The first-order valence-electron chi connectivity index (χ1n) is 6.66. The number of nitrogens with one attached hydrogen (secondary N) is 1. The second-order valence-corrected chi connectivity index (χ2v) is 4.58. The van der Waals surface area contributed by atoms with Crippen LogP contribution in [0.3, 0.4) is 0 Å². The minimum absolute atomic E-state index is 0.0762. The molecule has 112 valence electrons. The second kappa shape index (κ2) is 7.51. The Morgan fingerprint density at radius 1 is 1.43 bits per heavy atom. The molecule has 0 aliphatic heterocycles. The topological polar surface area (TPSA) is 95.1 Å². The Morgan fingerprint density at radius 2 is 2.19 bits per heavy atom. The lowest BCUT2D eigenvalue weighted by molar-refractivity contribution is -0.123. The third kappa shape index (κ3) is 4.37. The lowest BCUT2D eigenvalue weighted by atomic mass is 10.2. The number of ether oxygens (including phenoxy) is 1. The molecule has 2 rings (SSSR count). The molecule has 7 heteroatoms. The fourth-order valence-electron chi connectivity index (χ4n) is 1.85.